The molecule has 0 radical (unpaired) electrons. The van der Waals surface area contributed by atoms with E-state index in [0.29, 0.717) is 25.0 Å². The van der Waals surface area contributed by atoms with Crippen molar-refractivity contribution in [2.75, 3.05) is 7.05 Å². The third-order valence-electron chi connectivity index (χ3n) is 4.33. The molecule has 0 spiro atoms. The van der Waals surface area contributed by atoms with Crippen LogP contribution in [0.3, 0.4) is 0 Å². The van der Waals surface area contributed by atoms with Crippen LogP contribution in [0.1, 0.15) is 47.5 Å². The Morgan fingerprint density at radius 2 is 1.93 bits per heavy atom. The van der Waals surface area contributed by atoms with Crippen LogP contribution in [0.25, 0.3) is 0 Å². The number of nitrogens with zero attached hydrogens (tertiary/aromatic N) is 3. The normalized spacial score (nSPS) is 11.8. The quantitative estimate of drug-likeness (QED) is 0.445. The number of hydrogen-bond acceptors (Lipinski definition) is 5. The lowest BCUT2D eigenvalue weighted by Crippen LogP contribution is -2.36. The molecular formula is C21H27N5OS. The van der Waals surface area contributed by atoms with Crippen LogP contribution in [0.15, 0.2) is 51.3 Å². The smallest absolute Gasteiger partial charge is 0.191 e. The van der Waals surface area contributed by atoms with Gasteiger partial charge in [0.2, 0.25) is 0 Å². The molecular weight excluding hydrogens is 370 g/mol. The highest BCUT2D eigenvalue weighted by molar-refractivity contribution is 7.09. The van der Waals surface area contributed by atoms with E-state index in [1.54, 1.807) is 18.4 Å². The summed E-state index contributed by atoms with van der Waals surface area (Å²) < 4.78 is 5.34. The molecule has 28 heavy (non-hydrogen) atoms. The lowest BCUT2D eigenvalue weighted by Gasteiger charge is -2.09. The maximum atomic E-state index is 5.34. The van der Waals surface area contributed by atoms with Crippen molar-refractivity contribution in [3.8, 4) is 0 Å². The van der Waals surface area contributed by atoms with E-state index in [2.05, 4.69) is 64.3 Å². The Bertz CT molecular complexity index is 885. The highest BCUT2D eigenvalue weighted by Gasteiger charge is 2.09. The van der Waals surface area contributed by atoms with Crippen molar-refractivity contribution in [3.05, 3.63) is 69.5 Å². The van der Waals surface area contributed by atoms with E-state index >= 15 is 0 Å². The Morgan fingerprint density at radius 3 is 2.64 bits per heavy atom. The summed E-state index contributed by atoms with van der Waals surface area (Å²) in [5.74, 6) is 1.86. The van der Waals surface area contributed by atoms with Gasteiger partial charge >= 0.3 is 0 Å². The van der Waals surface area contributed by atoms with Crippen LogP contribution in [-0.4, -0.2) is 23.1 Å². The SMILES string of the molecule is CN=C(NCc1csc(CCc2ccccc2)n1)NCc1cc(C(C)C)no1. The van der Waals surface area contributed by atoms with Gasteiger partial charge in [0.1, 0.15) is 0 Å². The second-order valence-corrected chi connectivity index (χ2v) is 7.81. The third-order valence-corrected chi connectivity index (χ3v) is 5.29. The number of guanidine groups is 1. The molecule has 3 aromatic rings. The Kier molecular flexibility index (Phi) is 7.19. The van der Waals surface area contributed by atoms with E-state index in [9.17, 15) is 0 Å². The van der Waals surface area contributed by atoms with Gasteiger partial charge in [-0.1, -0.05) is 49.3 Å². The van der Waals surface area contributed by atoms with Gasteiger partial charge < -0.3 is 15.2 Å². The van der Waals surface area contributed by atoms with Crippen molar-refractivity contribution in [3.63, 3.8) is 0 Å². The average molecular weight is 398 g/mol. The average Bonchev–Trinajstić information content (AvgIpc) is 3.37. The molecule has 0 amide bonds. The highest BCUT2D eigenvalue weighted by atomic mass is 32.1. The second kappa shape index (κ2) is 10.0. The number of aliphatic imine (C=N–C) groups is 1. The van der Waals surface area contributed by atoms with Crippen molar-refractivity contribution in [2.24, 2.45) is 4.99 Å². The van der Waals surface area contributed by atoms with Crippen molar-refractivity contribution in [1.29, 1.82) is 0 Å². The van der Waals surface area contributed by atoms with Crippen LogP contribution < -0.4 is 10.6 Å². The first-order valence-electron chi connectivity index (χ1n) is 9.51. The molecule has 2 heterocycles. The summed E-state index contributed by atoms with van der Waals surface area (Å²) in [5.41, 5.74) is 3.33. The number of nitrogens with one attached hydrogen (secondary N) is 2. The van der Waals surface area contributed by atoms with Crippen molar-refractivity contribution in [1.82, 2.24) is 20.8 Å². The Morgan fingerprint density at radius 1 is 1.14 bits per heavy atom. The molecule has 7 heteroatoms. The fraction of sp³-hybridized carbons (Fsp3) is 0.381. The van der Waals surface area contributed by atoms with Crippen LogP contribution in [0.4, 0.5) is 0 Å². The first-order valence-corrected chi connectivity index (χ1v) is 10.4. The second-order valence-electron chi connectivity index (χ2n) is 6.87. The lowest BCUT2D eigenvalue weighted by molar-refractivity contribution is 0.372. The van der Waals surface area contributed by atoms with Gasteiger partial charge in [0, 0.05) is 24.9 Å². The Labute approximate surface area is 170 Å². The molecule has 6 nitrogen and oxygen atoms in total. The van der Waals surface area contributed by atoms with Crippen molar-refractivity contribution >= 4 is 17.3 Å². The number of aromatic nitrogens is 2. The molecule has 0 aliphatic carbocycles. The minimum atomic E-state index is 0.357. The lowest BCUT2D eigenvalue weighted by atomic mass is 10.1. The standard InChI is InChI=1S/C21H27N5OS/c1-15(2)19-11-18(27-26-19)13-24-21(22-3)23-12-17-14-28-20(25-17)10-9-16-7-5-4-6-8-16/h4-8,11,14-15H,9-10,12-13H2,1-3H3,(H2,22,23,24). The summed E-state index contributed by atoms with van der Waals surface area (Å²) >= 11 is 1.71. The fourth-order valence-corrected chi connectivity index (χ4v) is 3.49. The molecule has 0 bridgehead atoms. The van der Waals surface area contributed by atoms with Crippen LogP contribution in [0.2, 0.25) is 0 Å². The maximum Gasteiger partial charge on any atom is 0.191 e. The minimum Gasteiger partial charge on any atom is -0.359 e. The molecule has 1 aromatic carbocycles. The number of rotatable bonds is 8. The summed E-state index contributed by atoms with van der Waals surface area (Å²) in [5, 5.41) is 13.9. The molecule has 3 rings (SSSR count). The van der Waals surface area contributed by atoms with Gasteiger partial charge in [-0.2, -0.15) is 0 Å². The summed E-state index contributed by atoms with van der Waals surface area (Å²) in [6.07, 6.45) is 1.98. The zero-order chi connectivity index (χ0) is 19.8. The molecule has 0 saturated heterocycles. The van der Waals surface area contributed by atoms with E-state index in [4.69, 9.17) is 9.51 Å². The van der Waals surface area contributed by atoms with Crippen LogP contribution >= 0.6 is 11.3 Å². The molecule has 0 saturated carbocycles. The number of benzene rings is 1. The molecule has 0 aliphatic heterocycles. The predicted molar refractivity (Wildman–Crippen MR) is 114 cm³/mol. The molecule has 0 fully saturated rings. The zero-order valence-electron chi connectivity index (χ0n) is 16.6. The monoisotopic (exact) mass is 397 g/mol. The van der Waals surface area contributed by atoms with Gasteiger partial charge in [0.15, 0.2) is 11.7 Å². The van der Waals surface area contributed by atoms with Gasteiger partial charge in [0.25, 0.3) is 0 Å². The molecule has 2 aromatic heterocycles. The van der Waals surface area contributed by atoms with E-state index in [0.717, 1.165) is 35.0 Å². The van der Waals surface area contributed by atoms with Crippen LogP contribution in [-0.2, 0) is 25.9 Å². The Balaban J connectivity index is 1.44. The van der Waals surface area contributed by atoms with Gasteiger partial charge in [-0.15, -0.1) is 11.3 Å². The van der Waals surface area contributed by atoms with Crippen molar-refractivity contribution in [2.45, 2.75) is 45.7 Å². The van der Waals surface area contributed by atoms with E-state index in [1.165, 1.54) is 5.56 Å². The topological polar surface area (TPSA) is 75.3 Å². The third kappa shape index (κ3) is 5.92. The number of hydrogen-bond donors (Lipinski definition) is 2. The largest absolute Gasteiger partial charge is 0.359 e. The molecule has 0 atom stereocenters. The maximum absolute atomic E-state index is 5.34. The fourth-order valence-electron chi connectivity index (χ4n) is 2.69. The van der Waals surface area contributed by atoms with Gasteiger partial charge in [0.05, 0.1) is 29.5 Å². The van der Waals surface area contributed by atoms with E-state index in [1.807, 2.05) is 12.1 Å². The minimum absolute atomic E-state index is 0.357. The van der Waals surface area contributed by atoms with E-state index < -0.39 is 0 Å². The first kappa shape index (κ1) is 20.1. The summed E-state index contributed by atoms with van der Waals surface area (Å²) in [4.78, 5) is 8.97. The van der Waals surface area contributed by atoms with Gasteiger partial charge in [-0.3, -0.25) is 4.99 Å². The number of aryl methyl sites for hydroxylation is 2. The molecule has 0 aliphatic rings. The molecule has 0 unspecified atom stereocenters. The first-order chi connectivity index (χ1) is 13.6. The van der Waals surface area contributed by atoms with Crippen molar-refractivity contribution < 1.29 is 4.52 Å². The van der Waals surface area contributed by atoms with Crippen LogP contribution in [0, 0.1) is 0 Å². The predicted octanol–water partition coefficient (Wildman–Crippen LogP) is 3.90. The molecule has 148 valence electrons. The van der Waals surface area contributed by atoms with Crippen LogP contribution in [0.5, 0.6) is 0 Å². The Hall–Kier alpha value is -2.67. The zero-order valence-corrected chi connectivity index (χ0v) is 17.4. The summed E-state index contributed by atoms with van der Waals surface area (Å²) in [6, 6.07) is 12.5. The molecule has 2 N–H and O–H groups in total. The highest BCUT2D eigenvalue weighted by Crippen LogP contribution is 2.14. The summed E-state index contributed by atoms with van der Waals surface area (Å²) in [7, 11) is 1.75. The van der Waals surface area contributed by atoms with Gasteiger partial charge in [-0.05, 0) is 17.9 Å². The van der Waals surface area contributed by atoms with Gasteiger partial charge in [-0.25, -0.2) is 4.98 Å². The number of thiazole rings is 1. The van der Waals surface area contributed by atoms with E-state index in [-0.39, 0.29) is 0 Å². The summed E-state index contributed by atoms with van der Waals surface area (Å²) in [6.45, 7) is 5.36.